The Balaban J connectivity index is 1.50. The van der Waals surface area contributed by atoms with Crippen LogP contribution in [-0.4, -0.2) is 33.9 Å². The second-order valence-electron chi connectivity index (χ2n) is 13.6. The summed E-state index contributed by atoms with van der Waals surface area (Å²) in [5.41, 5.74) is 2.23. The van der Waals surface area contributed by atoms with Crippen molar-refractivity contribution in [1.82, 2.24) is 0 Å². The molecule has 4 heteroatoms. The molecule has 0 aromatic heterocycles. The number of allylic oxidation sites excluding steroid dienone is 1. The minimum atomic E-state index is -1.73. The SMILES string of the molecule is CO[C@H](/C=C1\CCCC2(C)[C@@H]([C@H](C)C=O)CC[C@@H]12)[C@@]12CC(O[Si](C)(C)C(C)(C)C)C[C@@H]1C2. The van der Waals surface area contributed by atoms with Gasteiger partial charge in [-0.1, -0.05) is 46.3 Å². The summed E-state index contributed by atoms with van der Waals surface area (Å²) in [5, 5.41) is 0.264. The normalized spacial score (nSPS) is 42.4. The molecule has 2 unspecified atom stereocenters. The van der Waals surface area contributed by atoms with Crippen molar-refractivity contribution in [1.29, 1.82) is 0 Å². The van der Waals surface area contributed by atoms with E-state index in [1.807, 2.05) is 7.11 Å². The number of hydrogen-bond donors (Lipinski definition) is 0. The fourth-order valence-electron chi connectivity index (χ4n) is 7.84. The average molecular weight is 461 g/mol. The van der Waals surface area contributed by atoms with Gasteiger partial charge in [0.1, 0.15) is 6.29 Å². The molecule has 0 aromatic rings. The minimum Gasteiger partial charge on any atom is -0.414 e. The van der Waals surface area contributed by atoms with E-state index < -0.39 is 8.32 Å². The molecule has 4 rings (SSSR count). The van der Waals surface area contributed by atoms with Gasteiger partial charge in [0.2, 0.25) is 0 Å². The first kappa shape index (κ1) is 24.7. The topological polar surface area (TPSA) is 35.5 Å². The molecule has 0 aliphatic heterocycles. The molecule has 0 saturated heterocycles. The van der Waals surface area contributed by atoms with Gasteiger partial charge in [-0.3, -0.25) is 0 Å². The van der Waals surface area contributed by atoms with Gasteiger partial charge in [-0.25, -0.2) is 0 Å². The van der Waals surface area contributed by atoms with Crippen LogP contribution in [0.5, 0.6) is 0 Å². The lowest BCUT2D eigenvalue weighted by atomic mass is 9.61. The Hall–Kier alpha value is -0.453. The Morgan fingerprint density at radius 2 is 1.91 bits per heavy atom. The first-order valence-corrected chi connectivity index (χ1v) is 16.2. The van der Waals surface area contributed by atoms with Crippen molar-refractivity contribution in [2.45, 2.75) is 116 Å². The molecule has 4 fully saturated rings. The Morgan fingerprint density at radius 1 is 1.19 bits per heavy atom. The highest BCUT2D eigenvalue weighted by molar-refractivity contribution is 6.74. The summed E-state index contributed by atoms with van der Waals surface area (Å²) in [7, 11) is 0.185. The van der Waals surface area contributed by atoms with Gasteiger partial charge in [-0.05, 0) is 92.7 Å². The molecule has 0 spiro atoms. The molecule has 4 saturated carbocycles. The van der Waals surface area contributed by atoms with Crippen molar-refractivity contribution in [2.24, 2.45) is 34.5 Å². The lowest BCUT2D eigenvalue weighted by Crippen LogP contribution is -2.44. The Labute approximate surface area is 198 Å². The van der Waals surface area contributed by atoms with Gasteiger partial charge >= 0.3 is 0 Å². The van der Waals surface area contributed by atoms with Crippen LogP contribution < -0.4 is 0 Å². The van der Waals surface area contributed by atoms with E-state index in [-0.39, 0.29) is 22.5 Å². The van der Waals surface area contributed by atoms with Crippen LogP contribution in [0.3, 0.4) is 0 Å². The van der Waals surface area contributed by atoms with Gasteiger partial charge in [0, 0.05) is 24.5 Å². The smallest absolute Gasteiger partial charge is 0.192 e. The maximum Gasteiger partial charge on any atom is 0.192 e. The van der Waals surface area contributed by atoms with Crippen molar-refractivity contribution in [3.8, 4) is 0 Å². The number of ether oxygens (including phenoxy) is 1. The van der Waals surface area contributed by atoms with Crippen LogP contribution in [-0.2, 0) is 14.0 Å². The minimum absolute atomic E-state index is 0.178. The van der Waals surface area contributed by atoms with E-state index in [0.717, 1.165) is 5.92 Å². The molecule has 0 amide bonds. The van der Waals surface area contributed by atoms with Crippen LogP contribution in [0.2, 0.25) is 18.1 Å². The van der Waals surface area contributed by atoms with Gasteiger partial charge in [0.25, 0.3) is 0 Å². The van der Waals surface area contributed by atoms with Crippen molar-refractivity contribution in [3.63, 3.8) is 0 Å². The zero-order valence-electron chi connectivity index (χ0n) is 22.0. The summed E-state index contributed by atoms with van der Waals surface area (Å²) in [5.74, 6) is 2.11. The van der Waals surface area contributed by atoms with E-state index >= 15 is 0 Å². The summed E-state index contributed by atoms with van der Waals surface area (Å²) in [4.78, 5) is 11.6. The molecule has 0 radical (unpaired) electrons. The molecule has 182 valence electrons. The highest BCUT2D eigenvalue weighted by Gasteiger charge is 2.65. The molecule has 0 heterocycles. The number of rotatable bonds is 7. The molecular formula is C28H48O3Si. The van der Waals surface area contributed by atoms with Gasteiger partial charge < -0.3 is 14.0 Å². The van der Waals surface area contributed by atoms with Gasteiger partial charge in [0.05, 0.1) is 6.10 Å². The largest absolute Gasteiger partial charge is 0.414 e. The maximum absolute atomic E-state index is 11.6. The molecule has 3 nitrogen and oxygen atoms in total. The summed E-state index contributed by atoms with van der Waals surface area (Å²) in [6.45, 7) is 16.4. The Morgan fingerprint density at radius 3 is 2.53 bits per heavy atom. The second kappa shape index (κ2) is 8.34. The van der Waals surface area contributed by atoms with Crippen LogP contribution in [0.1, 0.15) is 86.0 Å². The van der Waals surface area contributed by atoms with Crippen molar-refractivity contribution in [2.75, 3.05) is 7.11 Å². The van der Waals surface area contributed by atoms with E-state index in [1.165, 1.54) is 57.7 Å². The van der Waals surface area contributed by atoms with Crippen LogP contribution in [0.25, 0.3) is 0 Å². The molecule has 0 bridgehead atoms. The van der Waals surface area contributed by atoms with Crippen LogP contribution in [0, 0.1) is 34.5 Å². The molecule has 0 aromatic carbocycles. The highest BCUT2D eigenvalue weighted by atomic mass is 28.4. The number of fused-ring (bicyclic) bond motifs is 2. The number of carbonyl (C=O) groups excluding carboxylic acids is 1. The number of hydrogen-bond acceptors (Lipinski definition) is 3. The van der Waals surface area contributed by atoms with E-state index in [4.69, 9.17) is 9.16 Å². The van der Waals surface area contributed by atoms with Crippen LogP contribution in [0.15, 0.2) is 11.6 Å². The average Bonchev–Trinajstić information content (AvgIpc) is 3.08. The fourth-order valence-corrected chi connectivity index (χ4v) is 9.21. The number of aldehydes is 1. The predicted molar refractivity (Wildman–Crippen MR) is 134 cm³/mol. The molecule has 32 heavy (non-hydrogen) atoms. The van der Waals surface area contributed by atoms with Crippen molar-refractivity contribution < 1.29 is 14.0 Å². The van der Waals surface area contributed by atoms with Crippen LogP contribution >= 0.6 is 0 Å². The van der Waals surface area contributed by atoms with E-state index in [2.05, 4.69) is 53.8 Å². The monoisotopic (exact) mass is 460 g/mol. The third kappa shape index (κ3) is 4.00. The standard InChI is InChI=1S/C28H48O3Si/c1-19(18-29)23-11-12-24-20(10-9-13-27(23,24)5)14-25(30-6)28-16-21(28)15-22(17-28)31-32(7,8)26(2,3)4/h14,18-19,21-25H,9-13,15-17H2,1-8H3/b20-14+/t19-,21-,22?,23-,24+,25-,27?,28+/m1/s1. The molecular weight excluding hydrogens is 412 g/mol. The summed E-state index contributed by atoms with van der Waals surface area (Å²) >= 11 is 0. The zero-order valence-corrected chi connectivity index (χ0v) is 23.0. The summed E-state index contributed by atoms with van der Waals surface area (Å²) < 4.78 is 13.1. The zero-order chi connectivity index (χ0) is 23.5. The van der Waals surface area contributed by atoms with Gasteiger partial charge in [-0.15, -0.1) is 0 Å². The van der Waals surface area contributed by atoms with Crippen molar-refractivity contribution in [3.05, 3.63) is 11.6 Å². The Bertz CT molecular complexity index is 752. The molecule has 8 atom stereocenters. The van der Waals surface area contributed by atoms with Crippen molar-refractivity contribution >= 4 is 14.6 Å². The van der Waals surface area contributed by atoms with E-state index in [9.17, 15) is 4.79 Å². The van der Waals surface area contributed by atoms with Gasteiger partial charge in [-0.2, -0.15) is 0 Å². The third-order valence-corrected chi connectivity index (χ3v) is 15.3. The second-order valence-corrected chi connectivity index (χ2v) is 18.3. The van der Waals surface area contributed by atoms with Gasteiger partial charge in [0.15, 0.2) is 8.32 Å². The molecule has 4 aliphatic carbocycles. The maximum atomic E-state index is 11.6. The molecule has 4 aliphatic rings. The predicted octanol–water partition coefficient (Wildman–Crippen LogP) is 7.17. The quantitative estimate of drug-likeness (QED) is 0.229. The third-order valence-electron chi connectivity index (χ3n) is 10.8. The highest BCUT2D eigenvalue weighted by Crippen LogP contribution is 2.68. The summed E-state index contributed by atoms with van der Waals surface area (Å²) in [6, 6.07) is 0. The fraction of sp³-hybridized carbons (Fsp3) is 0.893. The number of carbonyl (C=O) groups is 1. The lowest BCUT2D eigenvalue weighted by molar-refractivity contribution is -0.113. The summed E-state index contributed by atoms with van der Waals surface area (Å²) in [6.07, 6.45) is 14.3. The van der Waals surface area contributed by atoms with Crippen LogP contribution in [0.4, 0.5) is 0 Å². The number of methoxy groups -OCH3 is 1. The first-order valence-electron chi connectivity index (χ1n) is 13.2. The molecule has 0 N–H and O–H groups in total. The lowest BCUT2D eigenvalue weighted by Gasteiger charge is -2.44. The first-order chi connectivity index (χ1) is 14.9. The van der Waals surface area contributed by atoms with E-state index in [1.54, 1.807) is 5.57 Å². The van der Waals surface area contributed by atoms with E-state index in [0.29, 0.717) is 23.4 Å². The Kier molecular flexibility index (Phi) is 6.43.